The molecule has 0 spiro atoms. The first-order chi connectivity index (χ1) is 13.5. The first kappa shape index (κ1) is 20.1. The van der Waals surface area contributed by atoms with Gasteiger partial charge in [-0.1, -0.05) is 29.6 Å². The third-order valence-corrected chi connectivity index (χ3v) is 6.88. The average Bonchev–Trinajstić information content (AvgIpc) is 2.71. The lowest BCUT2D eigenvalue weighted by atomic mass is 9.81. The van der Waals surface area contributed by atoms with Crippen molar-refractivity contribution in [1.29, 1.82) is 0 Å². The molecule has 2 fully saturated rings. The number of piperidine rings is 1. The van der Waals surface area contributed by atoms with Crippen LogP contribution in [0.15, 0.2) is 12.1 Å². The van der Waals surface area contributed by atoms with Gasteiger partial charge >= 0.3 is 0 Å². The molecule has 0 N–H and O–H groups in total. The first-order valence-corrected chi connectivity index (χ1v) is 10.9. The second-order valence-corrected chi connectivity index (χ2v) is 8.80. The summed E-state index contributed by atoms with van der Waals surface area (Å²) in [6, 6.07) is 3.38. The van der Waals surface area contributed by atoms with E-state index >= 15 is 0 Å². The third kappa shape index (κ3) is 4.09. The standard InChI is InChI=1S/C21H26Cl2N2O3/c22-18-10-16-15(4-5-20(26)17(16)11-19(18)23)21(27)25-8-9-28-13-14(25)12-24-6-2-1-3-7-24/h10-11,14-15H,1-9,12-13H2. The number of halogens is 2. The minimum absolute atomic E-state index is 0.0319. The number of fused-ring (bicyclic) bond motifs is 1. The molecular weight excluding hydrogens is 399 g/mol. The van der Waals surface area contributed by atoms with Crippen LogP contribution in [0.4, 0.5) is 0 Å². The fourth-order valence-electron chi connectivity index (χ4n) is 4.65. The van der Waals surface area contributed by atoms with Gasteiger partial charge in [0.1, 0.15) is 0 Å². The fraction of sp³-hybridized carbons (Fsp3) is 0.619. The second-order valence-electron chi connectivity index (χ2n) is 7.99. The quantitative estimate of drug-likeness (QED) is 0.740. The molecule has 0 bridgehead atoms. The molecule has 152 valence electrons. The number of hydrogen-bond acceptors (Lipinski definition) is 4. The van der Waals surface area contributed by atoms with Crippen molar-refractivity contribution in [2.75, 3.05) is 39.4 Å². The molecule has 2 unspecified atom stereocenters. The van der Waals surface area contributed by atoms with Gasteiger partial charge in [-0.15, -0.1) is 0 Å². The lowest BCUT2D eigenvalue weighted by molar-refractivity contribution is -0.142. The molecule has 2 atom stereocenters. The minimum Gasteiger partial charge on any atom is -0.377 e. The minimum atomic E-state index is -0.343. The Morgan fingerprint density at radius 1 is 1.11 bits per heavy atom. The van der Waals surface area contributed by atoms with Gasteiger partial charge in [-0.25, -0.2) is 0 Å². The average molecular weight is 425 g/mol. The molecule has 1 aromatic rings. The number of Topliss-reactive ketones (excluding diaryl/α,β-unsaturated/α-hetero) is 1. The Bertz CT molecular complexity index is 764. The van der Waals surface area contributed by atoms with Crippen LogP contribution in [0.2, 0.25) is 10.0 Å². The zero-order valence-corrected chi connectivity index (χ0v) is 17.5. The molecule has 0 saturated carbocycles. The monoisotopic (exact) mass is 424 g/mol. The van der Waals surface area contributed by atoms with Crippen molar-refractivity contribution in [1.82, 2.24) is 9.80 Å². The number of likely N-dealkylation sites (tertiary alicyclic amines) is 1. The zero-order valence-electron chi connectivity index (χ0n) is 16.0. The number of morpholine rings is 1. The van der Waals surface area contributed by atoms with Gasteiger partial charge in [0.15, 0.2) is 5.78 Å². The number of ether oxygens (including phenoxy) is 1. The van der Waals surface area contributed by atoms with Crippen LogP contribution >= 0.6 is 23.2 Å². The van der Waals surface area contributed by atoms with Crippen molar-refractivity contribution in [2.45, 2.75) is 44.1 Å². The second kappa shape index (κ2) is 8.70. The SMILES string of the molecule is O=C1CCC(C(=O)N2CCOCC2CN2CCCCC2)c2cc(Cl)c(Cl)cc21. The molecule has 2 aliphatic heterocycles. The van der Waals surface area contributed by atoms with Crippen LogP contribution in [0.25, 0.3) is 0 Å². The lowest BCUT2D eigenvalue weighted by Gasteiger charge is -2.41. The zero-order chi connectivity index (χ0) is 19.7. The van der Waals surface area contributed by atoms with Crippen molar-refractivity contribution >= 4 is 34.9 Å². The molecule has 5 nitrogen and oxygen atoms in total. The van der Waals surface area contributed by atoms with E-state index in [0.717, 1.165) is 25.2 Å². The predicted octanol–water partition coefficient (Wildman–Crippen LogP) is 3.77. The molecule has 3 aliphatic rings. The van der Waals surface area contributed by atoms with Gasteiger partial charge < -0.3 is 14.5 Å². The molecule has 2 heterocycles. The predicted molar refractivity (Wildman–Crippen MR) is 109 cm³/mol. The van der Waals surface area contributed by atoms with Crippen molar-refractivity contribution in [3.05, 3.63) is 33.3 Å². The molecule has 0 radical (unpaired) electrons. The van der Waals surface area contributed by atoms with Gasteiger partial charge in [-0.2, -0.15) is 0 Å². The van der Waals surface area contributed by atoms with Crippen LogP contribution in [0, 0.1) is 0 Å². The largest absolute Gasteiger partial charge is 0.377 e. The molecule has 4 rings (SSSR count). The van der Waals surface area contributed by atoms with Crippen LogP contribution in [0.1, 0.15) is 53.9 Å². The maximum Gasteiger partial charge on any atom is 0.230 e. The third-order valence-electron chi connectivity index (χ3n) is 6.15. The molecule has 7 heteroatoms. The summed E-state index contributed by atoms with van der Waals surface area (Å²) in [5.41, 5.74) is 1.26. The lowest BCUT2D eigenvalue weighted by Crippen LogP contribution is -2.55. The van der Waals surface area contributed by atoms with E-state index < -0.39 is 0 Å². The Balaban J connectivity index is 1.56. The highest BCUT2D eigenvalue weighted by Gasteiger charge is 2.37. The topological polar surface area (TPSA) is 49.9 Å². The smallest absolute Gasteiger partial charge is 0.230 e. The number of rotatable bonds is 3. The molecule has 0 aromatic heterocycles. The van der Waals surface area contributed by atoms with Crippen molar-refractivity contribution in [3.63, 3.8) is 0 Å². The highest BCUT2D eigenvalue weighted by atomic mass is 35.5. The summed E-state index contributed by atoms with van der Waals surface area (Å²) in [7, 11) is 0. The van der Waals surface area contributed by atoms with E-state index in [4.69, 9.17) is 27.9 Å². The van der Waals surface area contributed by atoms with Gasteiger partial charge in [0.2, 0.25) is 5.91 Å². The normalized spacial score (nSPS) is 26.2. The van der Waals surface area contributed by atoms with Crippen molar-refractivity contribution < 1.29 is 14.3 Å². The molecule has 1 aliphatic carbocycles. The van der Waals surface area contributed by atoms with Gasteiger partial charge in [-0.05, 0) is 50.0 Å². The Hall–Kier alpha value is -1.14. The van der Waals surface area contributed by atoms with Gasteiger partial charge in [0.05, 0.1) is 35.2 Å². The number of nitrogens with zero attached hydrogens (tertiary/aromatic N) is 2. The van der Waals surface area contributed by atoms with Crippen LogP contribution in [-0.2, 0) is 9.53 Å². The number of ketones is 1. The van der Waals surface area contributed by atoms with Gasteiger partial charge in [0.25, 0.3) is 0 Å². The van der Waals surface area contributed by atoms with E-state index in [9.17, 15) is 9.59 Å². The van der Waals surface area contributed by atoms with E-state index in [0.29, 0.717) is 48.2 Å². The summed E-state index contributed by atoms with van der Waals surface area (Å²) in [5.74, 6) is -0.230. The number of carbonyl (C=O) groups excluding carboxylic acids is 2. The molecule has 28 heavy (non-hydrogen) atoms. The summed E-state index contributed by atoms with van der Waals surface area (Å²) in [4.78, 5) is 30.3. The van der Waals surface area contributed by atoms with E-state index in [2.05, 4.69) is 4.90 Å². The van der Waals surface area contributed by atoms with E-state index in [-0.39, 0.29) is 23.7 Å². The van der Waals surface area contributed by atoms with Gasteiger partial charge in [-0.3, -0.25) is 9.59 Å². The summed E-state index contributed by atoms with van der Waals surface area (Å²) in [5, 5.41) is 0.746. The number of benzene rings is 1. The highest BCUT2D eigenvalue weighted by molar-refractivity contribution is 6.42. The van der Waals surface area contributed by atoms with Crippen LogP contribution in [-0.4, -0.2) is 66.9 Å². The van der Waals surface area contributed by atoms with Crippen LogP contribution < -0.4 is 0 Å². The summed E-state index contributed by atoms with van der Waals surface area (Å²) < 4.78 is 5.70. The maximum atomic E-state index is 13.5. The fourth-order valence-corrected chi connectivity index (χ4v) is 4.99. The number of amides is 1. The highest BCUT2D eigenvalue weighted by Crippen LogP contribution is 2.38. The summed E-state index contributed by atoms with van der Waals surface area (Å²) >= 11 is 12.3. The number of carbonyl (C=O) groups is 2. The first-order valence-electron chi connectivity index (χ1n) is 10.2. The Kier molecular flexibility index (Phi) is 6.26. The van der Waals surface area contributed by atoms with Crippen molar-refractivity contribution in [3.8, 4) is 0 Å². The van der Waals surface area contributed by atoms with Crippen LogP contribution in [0.5, 0.6) is 0 Å². The Morgan fingerprint density at radius 2 is 1.86 bits per heavy atom. The van der Waals surface area contributed by atoms with E-state index in [1.807, 2.05) is 4.90 Å². The van der Waals surface area contributed by atoms with Crippen LogP contribution in [0.3, 0.4) is 0 Å². The Labute approximate surface area is 175 Å². The molecule has 1 aromatic carbocycles. The molecule has 1 amide bonds. The number of hydrogen-bond donors (Lipinski definition) is 0. The van der Waals surface area contributed by atoms with Gasteiger partial charge in [0, 0.05) is 25.1 Å². The maximum absolute atomic E-state index is 13.5. The van der Waals surface area contributed by atoms with Crippen molar-refractivity contribution in [2.24, 2.45) is 0 Å². The molecule has 2 saturated heterocycles. The summed E-state index contributed by atoms with van der Waals surface area (Å²) in [6.45, 7) is 4.76. The summed E-state index contributed by atoms with van der Waals surface area (Å²) in [6.07, 6.45) is 4.62. The molecular formula is C21H26Cl2N2O3. The van der Waals surface area contributed by atoms with E-state index in [1.165, 1.54) is 19.3 Å². The Morgan fingerprint density at radius 3 is 2.64 bits per heavy atom. The van der Waals surface area contributed by atoms with E-state index in [1.54, 1.807) is 12.1 Å².